The van der Waals surface area contributed by atoms with Gasteiger partial charge in [-0.3, -0.25) is 4.79 Å². The number of fused-ring (bicyclic) bond motifs is 1. The van der Waals surface area contributed by atoms with Crippen molar-refractivity contribution in [2.75, 3.05) is 5.32 Å². The van der Waals surface area contributed by atoms with Gasteiger partial charge >= 0.3 is 0 Å². The summed E-state index contributed by atoms with van der Waals surface area (Å²) in [6.07, 6.45) is 2.01. The van der Waals surface area contributed by atoms with E-state index < -0.39 is 0 Å². The number of nitrogens with one attached hydrogen (secondary N) is 1. The van der Waals surface area contributed by atoms with E-state index in [1.165, 1.54) is 5.39 Å². The molecule has 122 valence electrons. The third-order valence-corrected chi connectivity index (χ3v) is 4.43. The molecular weight excluding hydrogens is 332 g/mol. The highest BCUT2D eigenvalue weighted by atomic mass is 35.5. The molecule has 0 fully saturated rings. The first-order valence-electron chi connectivity index (χ1n) is 7.95. The number of carbonyl (C=O) groups is 1. The Bertz CT molecular complexity index is 1050. The van der Waals surface area contributed by atoms with Crippen molar-refractivity contribution in [3.8, 4) is 5.69 Å². The molecule has 4 aromatic rings. The Morgan fingerprint density at radius 2 is 1.64 bits per heavy atom. The predicted octanol–water partition coefficient (Wildman–Crippen LogP) is 5.54. The zero-order valence-corrected chi connectivity index (χ0v) is 14.1. The van der Waals surface area contributed by atoms with Gasteiger partial charge in [0, 0.05) is 17.4 Å². The second-order valence-electron chi connectivity index (χ2n) is 5.73. The molecule has 1 aromatic heterocycles. The molecule has 0 unspecified atom stereocenters. The normalized spacial score (nSPS) is 10.8. The van der Waals surface area contributed by atoms with Gasteiger partial charge in [0.1, 0.15) is 0 Å². The molecule has 0 aliphatic heterocycles. The standard InChI is InChI=1S/C21H15ClN2O/c22-18-14-17(24-13-12-15-6-4-5-9-20(15)24)10-11-19(18)23-21(25)16-7-2-1-3-8-16/h1-14H,(H,23,25). The summed E-state index contributed by atoms with van der Waals surface area (Å²) < 4.78 is 2.07. The van der Waals surface area contributed by atoms with Crippen LogP contribution in [0.5, 0.6) is 0 Å². The number of carbonyl (C=O) groups excluding carboxylic acids is 1. The van der Waals surface area contributed by atoms with Crippen LogP contribution in [-0.2, 0) is 0 Å². The minimum Gasteiger partial charge on any atom is -0.321 e. The lowest BCUT2D eigenvalue weighted by Crippen LogP contribution is -2.12. The molecule has 0 saturated heterocycles. The minimum atomic E-state index is -0.179. The summed E-state index contributed by atoms with van der Waals surface area (Å²) in [7, 11) is 0. The van der Waals surface area contributed by atoms with Crippen LogP contribution in [0.4, 0.5) is 5.69 Å². The molecule has 0 radical (unpaired) electrons. The first-order chi connectivity index (χ1) is 12.2. The van der Waals surface area contributed by atoms with Gasteiger partial charge in [0.2, 0.25) is 0 Å². The van der Waals surface area contributed by atoms with Crippen LogP contribution < -0.4 is 5.32 Å². The van der Waals surface area contributed by atoms with E-state index in [-0.39, 0.29) is 5.91 Å². The van der Waals surface area contributed by atoms with Crippen LogP contribution in [0.2, 0.25) is 5.02 Å². The lowest BCUT2D eigenvalue weighted by molar-refractivity contribution is 0.102. The fourth-order valence-electron chi connectivity index (χ4n) is 2.85. The van der Waals surface area contributed by atoms with Crippen molar-refractivity contribution in [2.24, 2.45) is 0 Å². The van der Waals surface area contributed by atoms with E-state index in [1.54, 1.807) is 12.1 Å². The van der Waals surface area contributed by atoms with E-state index in [9.17, 15) is 4.79 Å². The van der Waals surface area contributed by atoms with E-state index >= 15 is 0 Å². The van der Waals surface area contributed by atoms with Crippen LogP contribution in [-0.4, -0.2) is 10.5 Å². The van der Waals surface area contributed by atoms with Crippen LogP contribution in [0.25, 0.3) is 16.6 Å². The summed E-state index contributed by atoms with van der Waals surface area (Å²) >= 11 is 6.40. The highest BCUT2D eigenvalue weighted by molar-refractivity contribution is 6.34. The number of halogens is 1. The largest absolute Gasteiger partial charge is 0.321 e. The van der Waals surface area contributed by atoms with Crippen molar-refractivity contribution < 1.29 is 4.79 Å². The Balaban J connectivity index is 1.64. The zero-order chi connectivity index (χ0) is 17.2. The minimum absolute atomic E-state index is 0.179. The van der Waals surface area contributed by atoms with Crippen molar-refractivity contribution in [1.29, 1.82) is 0 Å². The first-order valence-corrected chi connectivity index (χ1v) is 8.32. The van der Waals surface area contributed by atoms with Crippen LogP contribution in [0.3, 0.4) is 0 Å². The summed E-state index contributed by atoms with van der Waals surface area (Å²) in [4.78, 5) is 12.3. The summed E-state index contributed by atoms with van der Waals surface area (Å²) in [5, 5.41) is 4.52. The highest BCUT2D eigenvalue weighted by Gasteiger charge is 2.10. The average molecular weight is 347 g/mol. The quantitative estimate of drug-likeness (QED) is 0.519. The fourth-order valence-corrected chi connectivity index (χ4v) is 3.07. The van der Waals surface area contributed by atoms with E-state index in [4.69, 9.17) is 11.6 Å². The maximum Gasteiger partial charge on any atom is 0.255 e. The number of benzene rings is 3. The molecule has 4 heteroatoms. The topological polar surface area (TPSA) is 34.0 Å². The van der Waals surface area contributed by atoms with E-state index in [0.717, 1.165) is 11.2 Å². The maximum absolute atomic E-state index is 12.3. The average Bonchev–Trinajstić information content (AvgIpc) is 3.08. The Hall–Kier alpha value is -3.04. The maximum atomic E-state index is 12.3. The highest BCUT2D eigenvalue weighted by Crippen LogP contribution is 2.28. The van der Waals surface area contributed by atoms with Gasteiger partial charge < -0.3 is 9.88 Å². The summed E-state index contributed by atoms with van der Waals surface area (Å²) in [5.74, 6) is -0.179. The first kappa shape index (κ1) is 15.5. The molecule has 0 spiro atoms. The van der Waals surface area contributed by atoms with Gasteiger partial charge in [-0.15, -0.1) is 0 Å². The second-order valence-corrected chi connectivity index (χ2v) is 6.14. The number of amides is 1. The number of aromatic nitrogens is 1. The molecule has 1 heterocycles. The van der Waals surface area contributed by atoms with Crippen molar-refractivity contribution in [3.05, 3.63) is 95.6 Å². The van der Waals surface area contributed by atoms with E-state index in [2.05, 4.69) is 28.1 Å². The monoisotopic (exact) mass is 346 g/mol. The fraction of sp³-hybridized carbons (Fsp3) is 0. The molecule has 3 nitrogen and oxygen atoms in total. The smallest absolute Gasteiger partial charge is 0.255 e. The SMILES string of the molecule is O=C(Nc1ccc(-n2ccc3ccccc32)cc1Cl)c1ccccc1. The number of hydrogen-bond donors (Lipinski definition) is 1. The molecule has 0 saturated carbocycles. The lowest BCUT2D eigenvalue weighted by atomic mass is 10.2. The lowest BCUT2D eigenvalue weighted by Gasteiger charge is -2.11. The summed E-state index contributed by atoms with van der Waals surface area (Å²) in [5.41, 5.74) is 3.25. The number of nitrogens with zero attached hydrogens (tertiary/aromatic N) is 1. The molecule has 0 aliphatic rings. The van der Waals surface area contributed by atoms with Crippen molar-refractivity contribution in [3.63, 3.8) is 0 Å². The number of para-hydroxylation sites is 1. The van der Waals surface area contributed by atoms with Gasteiger partial charge in [0.05, 0.1) is 16.2 Å². The van der Waals surface area contributed by atoms with Gasteiger partial charge in [-0.2, -0.15) is 0 Å². The Morgan fingerprint density at radius 1 is 0.880 bits per heavy atom. The van der Waals surface area contributed by atoms with Crippen LogP contribution in [0.15, 0.2) is 85.1 Å². The molecule has 0 atom stereocenters. The number of rotatable bonds is 3. The van der Waals surface area contributed by atoms with Crippen LogP contribution >= 0.6 is 11.6 Å². The third-order valence-electron chi connectivity index (χ3n) is 4.11. The van der Waals surface area contributed by atoms with Crippen molar-refractivity contribution >= 4 is 34.1 Å². The Morgan fingerprint density at radius 3 is 2.44 bits per heavy atom. The van der Waals surface area contributed by atoms with Crippen LogP contribution in [0.1, 0.15) is 10.4 Å². The molecular formula is C21H15ClN2O. The van der Waals surface area contributed by atoms with Gasteiger partial charge in [0.15, 0.2) is 0 Å². The van der Waals surface area contributed by atoms with Crippen LogP contribution in [0, 0.1) is 0 Å². The zero-order valence-electron chi connectivity index (χ0n) is 13.3. The predicted molar refractivity (Wildman–Crippen MR) is 103 cm³/mol. The number of hydrogen-bond acceptors (Lipinski definition) is 1. The Labute approximate surface area is 150 Å². The number of anilines is 1. The van der Waals surface area contributed by atoms with Gasteiger partial charge in [-0.25, -0.2) is 0 Å². The Kier molecular flexibility index (Phi) is 4.00. The molecule has 4 rings (SSSR count). The van der Waals surface area contributed by atoms with Gasteiger partial charge in [-0.1, -0.05) is 48.0 Å². The van der Waals surface area contributed by atoms with E-state index in [1.807, 2.05) is 54.7 Å². The molecule has 0 bridgehead atoms. The summed E-state index contributed by atoms with van der Waals surface area (Å²) in [6.45, 7) is 0. The van der Waals surface area contributed by atoms with Gasteiger partial charge in [-0.05, 0) is 47.9 Å². The molecule has 1 amide bonds. The van der Waals surface area contributed by atoms with Crippen molar-refractivity contribution in [1.82, 2.24) is 4.57 Å². The van der Waals surface area contributed by atoms with E-state index in [0.29, 0.717) is 16.3 Å². The third kappa shape index (κ3) is 3.02. The van der Waals surface area contributed by atoms with Crippen molar-refractivity contribution in [2.45, 2.75) is 0 Å². The molecule has 0 aliphatic carbocycles. The van der Waals surface area contributed by atoms with Gasteiger partial charge in [0.25, 0.3) is 5.91 Å². The molecule has 25 heavy (non-hydrogen) atoms. The molecule has 1 N–H and O–H groups in total. The summed E-state index contributed by atoms with van der Waals surface area (Å²) in [6, 6.07) is 24.9. The second kappa shape index (κ2) is 6.46. The molecule has 3 aromatic carbocycles.